The number of carbonyl (C=O) groups excluding carboxylic acids is 2. The predicted octanol–water partition coefficient (Wildman–Crippen LogP) is 2.29. The maximum atomic E-state index is 12.2. The predicted molar refractivity (Wildman–Crippen MR) is 97.2 cm³/mol. The van der Waals surface area contributed by atoms with E-state index in [4.69, 9.17) is 4.52 Å². The van der Waals surface area contributed by atoms with Crippen LogP contribution in [0.15, 0.2) is 34.9 Å². The second-order valence-corrected chi connectivity index (χ2v) is 6.91. The first kappa shape index (κ1) is 16.6. The molecule has 2 aromatic rings. The molecule has 0 spiro atoms. The lowest BCUT2D eigenvalue weighted by molar-refractivity contribution is -0.132. The van der Waals surface area contributed by atoms with Crippen molar-refractivity contribution in [2.24, 2.45) is 5.92 Å². The number of anilines is 2. The number of aromatic nitrogens is 1. The van der Waals surface area contributed by atoms with Gasteiger partial charge in [-0.25, -0.2) is 0 Å². The van der Waals surface area contributed by atoms with Gasteiger partial charge >= 0.3 is 0 Å². The van der Waals surface area contributed by atoms with E-state index in [2.05, 4.69) is 15.4 Å². The number of rotatable bonds is 4. The zero-order valence-corrected chi connectivity index (χ0v) is 14.8. The molecule has 0 radical (unpaired) electrons. The van der Waals surface area contributed by atoms with Gasteiger partial charge < -0.3 is 19.6 Å². The molecule has 0 unspecified atom stereocenters. The third-order valence-corrected chi connectivity index (χ3v) is 4.88. The Balaban J connectivity index is 1.34. The molecule has 1 aliphatic carbocycles. The van der Waals surface area contributed by atoms with Gasteiger partial charge in [-0.3, -0.25) is 9.59 Å². The van der Waals surface area contributed by atoms with Crippen molar-refractivity contribution in [3.8, 4) is 0 Å². The van der Waals surface area contributed by atoms with Crippen LogP contribution in [0.3, 0.4) is 0 Å². The molecule has 1 aliphatic heterocycles. The fourth-order valence-corrected chi connectivity index (χ4v) is 3.21. The number of nitrogens with zero attached hydrogens (tertiary/aromatic N) is 3. The van der Waals surface area contributed by atoms with Gasteiger partial charge in [0.05, 0.1) is 0 Å². The van der Waals surface area contributed by atoms with Crippen LogP contribution in [-0.4, -0.2) is 48.0 Å². The van der Waals surface area contributed by atoms with Gasteiger partial charge in [0.1, 0.15) is 5.76 Å². The van der Waals surface area contributed by atoms with Gasteiger partial charge in [-0.2, -0.15) is 0 Å². The second-order valence-electron chi connectivity index (χ2n) is 6.91. The van der Waals surface area contributed by atoms with Gasteiger partial charge in [0, 0.05) is 49.4 Å². The Morgan fingerprint density at radius 1 is 1.12 bits per heavy atom. The summed E-state index contributed by atoms with van der Waals surface area (Å²) in [5.74, 6) is 1.44. The van der Waals surface area contributed by atoms with Crippen LogP contribution in [0, 0.1) is 12.8 Å². The fourth-order valence-electron chi connectivity index (χ4n) is 3.21. The summed E-state index contributed by atoms with van der Waals surface area (Å²) in [6, 6.07) is 9.18. The Kier molecular flexibility index (Phi) is 4.36. The minimum absolute atomic E-state index is 0.218. The number of hydrogen-bond acceptors (Lipinski definition) is 5. The maximum absolute atomic E-state index is 12.2. The van der Waals surface area contributed by atoms with Crippen molar-refractivity contribution in [2.75, 3.05) is 36.4 Å². The molecule has 2 aliphatic rings. The minimum Gasteiger partial charge on any atom is -0.368 e. The second kappa shape index (κ2) is 6.82. The SMILES string of the molecule is Cc1cc(NC(=O)c2ccc(N3CCN(C(=O)C4CC4)CC3)cc2)no1. The Morgan fingerprint density at radius 2 is 1.81 bits per heavy atom. The Labute approximate surface area is 151 Å². The zero-order valence-electron chi connectivity index (χ0n) is 14.8. The first-order chi connectivity index (χ1) is 12.6. The van der Waals surface area contributed by atoms with E-state index in [1.165, 1.54) is 0 Å². The highest BCUT2D eigenvalue weighted by Crippen LogP contribution is 2.31. The van der Waals surface area contributed by atoms with Crippen molar-refractivity contribution in [3.05, 3.63) is 41.7 Å². The van der Waals surface area contributed by atoms with E-state index >= 15 is 0 Å². The molecule has 1 aromatic carbocycles. The summed E-state index contributed by atoms with van der Waals surface area (Å²) in [4.78, 5) is 28.6. The van der Waals surface area contributed by atoms with Crippen LogP contribution < -0.4 is 10.2 Å². The maximum Gasteiger partial charge on any atom is 0.256 e. The molecule has 26 heavy (non-hydrogen) atoms. The largest absolute Gasteiger partial charge is 0.368 e. The summed E-state index contributed by atoms with van der Waals surface area (Å²) in [6.45, 7) is 4.95. The van der Waals surface area contributed by atoms with Crippen molar-refractivity contribution >= 4 is 23.3 Å². The molecule has 136 valence electrons. The molecule has 1 N–H and O–H groups in total. The highest BCUT2D eigenvalue weighted by atomic mass is 16.5. The Morgan fingerprint density at radius 3 is 2.38 bits per heavy atom. The lowest BCUT2D eigenvalue weighted by Crippen LogP contribution is -2.49. The molecule has 0 bridgehead atoms. The first-order valence-corrected chi connectivity index (χ1v) is 8.98. The molecular weight excluding hydrogens is 332 g/mol. The lowest BCUT2D eigenvalue weighted by atomic mass is 10.1. The van der Waals surface area contributed by atoms with Crippen LogP contribution in [0.25, 0.3) is 0 Å². The monoisotopic (exact) mass is 354 g/mol. The summed E-state index contributed by atoms with van der Waals surface area (Å²) < 4.78 is 4.94. The number of hydrogen-bond donors (Lipinski definition) is 1. The topological polar surface area (TPSA) is 78.7 Å². The summed E-state index contributed by atoms with van der Waals surface area (Å²) in [7, 11) is 0. The van der Waals surface area contributed by atoms with E-state index in [9.17, 15) is 9.59 Å². The Bertz CT molecular complexity index is 802. The van der Waals surface area contributed by atoms with Crippen LogP contribution in [0.4, 0.5) is 11.5 Å². The highest BCUT2D eigenvalue weighted by molar-refractivity contribution is 6.03. The third kappa shape index (κ3) is 3.56. The van der Waals surface area contributed by atoms with Crippen molar-refractivity contribution in [3.63, 3.8) is 0 Å². The molecule has 1 aromatic heterocycles. The van der Waals surface area contributed by atoms with E-state index in [0.717, 1.165) is 44.7 Å². The highest BCUT2D eigenvalue weighted by Gasteiger charge is 2.34. The van der Waals surface area contributed by atoms with Crippen molar-refractivity contribution < 1.29 is 14.1 Å². The van der Waals surface area contributed by atoms with Gasteiger partial charge in [-0.1, -0.05) is 5.16 Å². The molecule has 2 heterocycles. The van der Waals surface area contributed by atoms with E-state index in [-0.39, 0.29) is 11.8 Å². The van der Waals surface area contributed by atoms with Crippen LogP contribution in [-0.2, 0) is 4.79 Å². The fraction of sp³-hybridized carbons (Fsp3) is 0.421. The molecule has 7 heteroatoms. The zero-order chi connectivity index (χ0) is 18.1. The number of carbonyl (C=O) groups is 2. The third-order valence-electron chi connectivity index (χ3n) is 4.88. The Hall–Kier alpha value is -2.83. The first-order valence-electron chi connectivity index (χ1n) is 8.98. The molecule has 2 fully saturated rings. The average Bonchev–Trinajstić information content (AvgIpc) is 3.44. The molecule has 1 saturated heterocycles. The van der Waals surface area contributed by atoms with Gasteiger partial charge in [0.25, 0.3) is 5.91 Å². The normalized spacial score (nSPS) is 17.3. The minimum atomic E-state index is -0.218. The standard InChI is InChI=1S/C19H22N4O3/c1-13-12-17(21-26-13)20-18(24)14-4-6-16(7-5-14)22-8-10-23(11-9-22)19(25)15-2-3-15/h4-7,12,15H,2-3,8-11H2,1H3,(H,20,21,24). The molecular formula is C19H22N4O3. The summed E-state index contributed by atoms with van der Waals surface area (Å²) in [5.41, 5.74) is 1.63. The molecule has 2 amide bonds. The number of aryl methyl sites for hydroxylation is 1. The van der Waals surface area contributed by atoms with Gasteiger partial charge in [-0.15, -0.1) is 0 Å². The van der Waals surface area contributed by atoms with Crippen LogP contribution in [0.1, 0.15) is 29.0 Å². The summed E-state index contributed by atoms with van der Waals surface area (Å²) in [5, 5.41) is 6.47. The van der Waals surface area contributed by atoms with E-state index < -0.39 is 0 Å². The number of benzene rings is 1. The van der Waals surface area contributed by atoms with Crippen molar-refractivity contribution in [1.29, 1.82) is 0 Å². The van der Waals surface area contributed by atoms with Gasteiger partial charge in [0.15, 0.2) is 5.82 Å². The average molecular weight is 354 g/mol. The van der Waals surface area contributed by atoms with Crippen molar-refractivity contribution in [1.82, 2.24) is 10.1 Å². The van der Waals surface area contributed by atoms with Gasteiger partial charge in [-0.05, 0) is 44.0 Å². The molecule has 4 rings (SSSR count). The smallest absolute Gasteiger partial charge is 0.256 e. The van der Waals surface area contributed by atoms with Crippen LogP contribution >= 0.6 is 0 Å². The molecule has 0 atom stereocenters. The van der Waals surface area contributed by atoms with Crippen molar-refractivity contribution in [2.45, 2.75) is 19.8 Å². The van der Waals surface area contributed by atoms with Gasteiger partial charge in [0.2, 0.25) is 5.91 Å². The number of nitrogens with one attached hydrogen (secondary N) is 1. The number of amides is 2. The van der Waals surface area contributed by atoms with Crippen LogP contribution in [0.2, 0.25) is 0 Å². The molecule has 1 saturated carbocycles. The van der Waals surface area contributed by atoms with E-state index in [1.807, 2.05) is 17.0 Å². The van der Waals surface area contributed by atoms with Crippen LogP contribution in [0.5, 0.6) is 0 Å². The number of piperazine rings is 1. The molecule has 7 nitrogen and oxygen atoms in total. The summed E-state index contributed by atoms with van der Waals surface area (Å²) >= 11 is 0. The van der Waals surface area contributed by atoms with E-state index in [1.54, 1.807) is 25.1 Å². The quantitative estimate of drug-likeness (QED) is 0.911. The lowest BCUT2D eigenvalue weighted by Gasteiger charge is -2.36. The van der Waals surface area contributed by atoms with E-state index in [0.29, 0.717) is 23.0 Å². The summed E-state index contributed by atoms with van der Waals surface area (Å²) in [6.07, 6.45) is 2.10.